The van der Waals surface area contributed by atoms with Crippen LogP contribution in [0.15, 0.2) is 48.5 Å². The van der Waals surface area contributed by atoms with Gasteiger partial charge in [-0.1, -0.05) is 75.6 Å². The minimum absolute atomic E-state index is 0.0566. The Bertz CT molecular complexity index is 940. The molecular formula is C28H38N2O3. The quantitative estimate of drug-likeness (QED) is 0.605. The summed E-state index contributed by atoms with van der Waals surface area (Å²) in [6.45, 7) is 10.6. The van der Waals surface area contributed by atoms with Crippen molar-refractivity contribution in [3.05, 3.63) is 65.2 Å². The Morgan fingerprint density at radius 3 is 2.36 bits per heavy atom. The maximum atomic E-state index is 13.2. The molecule has 1 atom stereocenters. The van der Waals surface area contributed by atoms with Gasteiger partial charge in [-0.25, -0.2) is 0 Å². The van der Waals surface area contributed by atoms with Gasteiger partial charge in [-0.3, -0.25) is 9.59 Å². The van der Waals surface area contributed by atoms with Gasteiger partial charge in [0.1, 0.15) is 11.8 Å². The third kappa shape index (κ3) is 7.08. The molecule has 5 nitrogen and oxygen atoms in total. The number of carbonyl (C=O) groups excluding carboxylic acids is 2. The number of amides is 2. The van der Waals surface area contributed by atoms with Crippen molar-refractivity contribution in [2.24, 2.45) is 0 Å². The Hall–Kier alpha value is -2.82. The summed E-state index contributed by atoms with van der Waals surface area (Å²) < 4.78 is 5.82. The number of hydrogen-bond acceptors (Lipinski definition) is 3. The first-order valence-electron chi connectivity index (χ1n) is 12.0. The van der Waals surface area contributed by atoms with Crippen LogP contribution in [0, 0.1) is 6.92 Å². The highest BCUT2D eigenvalue weighted by molar-refractivity contribution is 5.88. The second-order valence-corrected chi connectivity index (χ2v) is 10.2. The molecule has 0 aromatic heterocycles. The molecule has 1 aliphatic carbocycles. The van der Waals surface area contributed by atoms with Crippen molar-refractivity contribution in [3.63, 3.8) is 0 Å². The van der Waals surface area contributed by atoms with Gasteiger partial charge in [-0.05, 0) is 55.4 Å². The molecule has 1 aliphatic rings. The molecule has 178 valence electrons. The molecule has 0 heterocycles. The van der Waals surface area contributed by atoms with Gasteiger partial charge in [0.25, 0.3) is 5.91 Å². The Morgan fingerprint density at radius 2 is 1.76 bits per heavy atom. The number of aryl methyl sites for hydroxylation is 1. The van der Waals surface area contributed by atoms with E-state index in [4.69, 9.17) is 4.74 Å². The molecule has 0 spiro atoms. The zero-order valence-electron chi connectivity index (χ0n) is 20.7. The van der Waals surface area contributed by atoms with E-state index in [-0.39, 0.29) is 29.9 Å². The van der Waals surface area contributed by atoms with Crippen LogP contribution in [0.4, 0.5) is 0 Å². The van der Waals surface area contributed by atoms with Gasteiger partial charge in [0.05, 0.1) is 0 Å². The van der Waals surface area contributed by atoms with Gasteiger partial charge in [0, 0.05) is 12.6 Å². The molecule has 2 aromatic carbocycles. The van der Waals surface area contributed by atoms with E-state index in [9.17, 15) is 9.59 Å². The first-order valence-corrected chi connectivity index (χ1v) is 12.0. The van der Waals surface area contributed by atoms with E-state index >= 15 is 0 Å². The minimum atomic E-state index is -0.578. The predicted molar refractivity (Wildman–Crippen MR) is 132 cm³/mol. The number of nitrogens with zero attached hydrogens (tertiary/aromatic N) is 1. The Labute approximate surface area is 198 Å². The van der Waals surface area contributed by atoms with Crippen LogP contribution in [0.3, 0.4) is 0 Å². The average molecular weight is 451 g/mol. The molecule has 33 heavy (non-hydrogen) atoms. The lowest BCUT2D eigenvalue weighted by molar-refractivity contribution is -0.142. The standard InChI is InChI=1S/C28H38N2O3/c1-20-9-8-10-22(17-20)18-30(21(2)27(32)29-24-11-6-7-12-24)26(31)19-33-25-15-13-23(14-16-25)28(3,4)5/h8-10,13-17,21,24H,6-7,11-12,18-19H2,1-5H3,(H,29,32)/t21-/m1/s1. The summed E-state index contributed by atoms with van der Waals surface area (Å²) in [6.07, 6.45) is 4.32. The molecule has 1 N–H and O–H groups in total. The molecule has 0 aliphatic heterocycles. The number of benzene rings is 2. The van der Waals surface area contributed by atoms with Crippen LogP contribution >= 0.6 is 0 Å². The lowest BCUT2D eigenvalue weighted by atomic mass is 9.87. The van der Waals surface area contributed by atoms with Crippen LogP contribution in [0.1, 0.15) is 70.1 Å². The summed E-state index contributed by atoms with van der Waals surface area (Å²) in [6, 6.07) is 15.5. The van der Waals surface area contributed by atoms with Crippen LogP contribution < -0.4 is 10.1 Å². The summed E-state index contributed by atoms with van der Waals surface area (Å²) in [7, 11) is 0. The van der Waals surface area contributed by atoms with Crippen molar-refractivity contribution < 1.29 is 14.3 Å². The average Bonchev–Trinajstić information content (AvgIpc) is 3.28. The molecular weight excluding hydrogens is 412 g/mol. The number of hydrogen-bond donors (Lipinski definition) is 1. The van der Waals surface area contributed by atoms with Gasteiger partial charge in [0.15, 0.2) is 6.61 Å². The summed E-state index contributed by atoms with van der Waals surface area (Å²) in [5.41, 5.74) is 3.39. The van der Waals surface area contributed by atoms with E-state index in [1.165, 1.54) is 5.56 Å². The van der Waals surface area contributed by atoms with Gasteiger partial charge >= 0.3 is 0 Å². The fraction of sp³-hybridized carbons (Fsp3) is 0.500. The van der Waals surface area contributed by atoms with E-state index < -0.39 is 6.04 Å². The molecule has 0 bridgehead atoms. The molecule has 3 rings (SSSR count). The second-order valence-electron chi connectivity index (χ2n) is 10.2. The zero-order chi connectivity index (χ0) is 24.0. The molecule has 0 saturated heterocycles. The largest absolute Gasteiger partial charge is 0.484 e. The fourth-order valence-electron chi connectivity index (χ4n) is 4.26. The number of ether oxygens (including phenoxy) is 1. The van der Waals surface area contributed by atoms with Gasteiger partial charge in [0.2, 0.25) is 5.91 Å². The predicted octanol–water partition coefficient (Wildman–Crippen LogP) is 5.15. The lowest BCUT2D eigenvalue weighted by Gasteiger charge is -2.29. The lowest BCUT2D eigenvalue weighted by Crippen LogP contribution is -2.50. The van der Waals surface area contributed by atoms with Gasteiger partial charge in [-0.2, -0.15) is 0 Å². The van der Waals surface area contributed by atoms with Crippen molar-refractivity contribution in [2.45, 2.75) is 84.3 Å². The first kappa shape index (κ1) is 24.8. The van der Waals surface area contributed by atoms with Crippen LogP contribution in [0.5, 0.6) is 5.75 Å². The molecule has 1 saturated carbocycles. The third-order valence-electron chi connectivity index (χ3n) is 6.39. The molecule has 0 radical (unpaired) electrons. The summed E-state index contributed by atoms with van der Waals surface area (Å²) >= 11 is 0. The van der Waals surface area contributed by atoms with E-state index in [0.29, 0.717) is 12.3 Å². The second kappa shape index (κ2) is 10.9. The molecule has 1 fully saturated rings. The molecule has 2 aromatic rings. The molecule has 0 unspecified atom stereocenters. The summed E-state index contributed by atoms with van der Waals surface area (Å²) in [5, 5.41) is 3.13. The van der Waals surface area contributed by atoms with Crippen LogP contribution in [-0.2, 0) is 21.5 Å². The van der Waals surface area contributed by atoms with E-state index in [0.717, 1.165) is 36.8 Å². The van der Waals surface area contributed by atoms with E-state index in [1.807, 2.05) is 55.5 Å². The highest BCUT2D eigenvalue weighted by atomic mass is 16.5. The number of nitrogens with one attached hydrogen (secondary N) is 1. The fourth-order valence-corrected chi connectivity index (χ4v) is 4.26. The van der Waals surface area contributed by atoms with Crippen LogP contribution in [0.25, 0.3) is 0 Å². The van der Waals surface area contributed by atoms with Crippen LogP contribution in [-0.4, -0.2) is 35.4 Å². The Balaban J connectivity index is 1.70. The smallest absolute Gasteiger partial charge is 0.261 e. The number of carbonyl (C=O) groups is 2. The third-order valence-corrected chi connectivity index (χ3v) is 6.39. The van der Waals surface area contributed by atoms with Crippen molar-refractivity contribution >= 4 is 11.8 Å². The van der Waals surface area contributed by atoms with Crippen molar-refractivity contribution in [1.82, 2.24) is 10.2 Å². The van der Waals surface area contributed by atoms with E-state index in [1.54, 1.807) is 11.8 Å². The van der Waals surface area contributed by atoms with Gasteiger partial charge in [-0.15, -0.1) is 0 Å². The van der Waals surface area contributed by atoms with E-state index in [2.05, 4.69) is 26.1 Å². The van der Waals surface area contributed by atoms with Crippen molar-refractivity contribution in [3.8, 4) is 5.75 Å². The normalized spacial score (nSPS) is 15.2. The van der Waals surface area contributed by atoms with Gasteiger partial charge < -0.3 is 15.0 Å². The summed E-state index contributed by atoms with van der Waals surface area (Å²) in [4.78, 5) is 27.8. The topological polar surface area (TPSA) is 58.6 Å². The minimum Gasteiger partial charge on any atom is -0.484 e. The SMILES string of the molecule is Cc1cccc(CN(C(=O)COc2ccc(C(C)(C)C)cc2)[C@H](C)C(=O)NC2CCCC2)c1. The Kier molecular flexibility index (Phi) is 8.17. The maximum absolute atomic E-state index is 13.2. The number of rotatable bonds is 8. The van der Waals surface area contributed by atoms with Crippen molar-refractivity contribution in [1.29, 1.82) is 0 Å². The summed E-state index contributed by atoms with van der Waals surface area (Å²) in [5.74, 6) is 0.345. The highest BCUT2D eigenvalue weighted by Crippen LogP contribution is 2.24. The van der Waals surface area contributed by atoms with Crippen molar-refractivity contribution in [2.75, 3.05) is 6.61 Å². The monoisotopic (exact) mass is 450 g/mol. The zero-order valence-corrected chi connectivity index (χ0v) is 20.7. The van der Waals surface area contributed by atoms with Crippen LogP contribution in [0.2, 0.25) is 0 Å². The first-order chi connectivity index (χ1) is 15.6. The maximum Gasteiger partial charge on any atom is 0.261 e. The Morgan fingerprint density at radius 1 is 1.09 bits per heavy atom. The molecule has 5 heteroatoms. The molecule has 2 amide bonds. The highest BCUT2D eigenvalue weighted by Gasteiger charge is 2.28.